The Balaban J connectivity index is 0.000000151. The molecule has 8 aromatic rings. The van der Waals surface area contributed by atoms with Crippen LogP contribution in [0.2, 0.25) is 0 Å². The van der Waals surface area contributed by atoms with Gasteiger partial charge in [0.25, 0.3) is 5.69 Å². The predicted molar refractivity (Wildman–Crippen MR) is 399 cm³/mol. The standard InChI is InChI=1S/C32H34FNO4.C31H32N2O7.C24H28FNO2/c1-32-17-7-3-6-10-25(30(32)34-31(36)37-21-23-8-4-2-5-9-23)19-24-13-16-27(20-28(24)32)38-29(35)18-22-11-14-26(33)15-12-22;1-31-17-7-3-6-10-23(28(31)32-29(34)38-20-21-8-4-2-5-9-21)18-22-11-14-26(19-27(22)31)40-30(35)39-25-15-12-24(13-16-25)33(36)37;1-24-12-4-2-3-5-18(23(24)26)14-17-8-11-20(15-21(17)24)28-22(27)13-16-6-9-19(25)10-7-16/h2,4-5,8-9,11-16,20,25,30H,3,6-7,10,17-19,21H2,1H3,(H,34,36);2,4-5,8-9,11-16,19,23,28H,3,6-7,10,17-18,20H2,1H3,(H,32,34);6-11,15,18,23H,2-5,12-14,26H2,1H3/t25-,30-,32+;23-,28-,31+;18-,23-,24+/m000/s1. The Morgan fingerprint density at radius 2 is 0.811 bits per heavy atom. The zero-order valence-corrected chi connectivity index (χ0v) is 60.5. The lowest BCUT2D eigenvalue weighted by Gasteiger charge is -2.49. The van der Waals surface area contributed by atoms with Crippen LogP contribution in [0, 0.1) is 39.5 Å². The minimum absolute atomic E-state index is 0.0636. The number of carbonyl (C=O) groups is 5. The number of benzene rings is 8. The molecule has 6 aliphatic carbocycles. The summed E-state index contributed by atoms with van der Waals surface area (Å²) in [6.07, 6.45) is 17.6. The molecule has 6 aliphatic rings. The first-order valence-corrected chi connectivity index (χ1v) is 37.3. The maximum Gasteiger partial charge on any atom is 0.519 e. The van der Waals surface area contributed by atoms with Gasteiger partial charge in [0.15, 0.2) is 0 Å². The fraction of sp³-hybridized carbons (Fsp3) is 0.391. The zero-order valence-electron chi connectivity index (χ0n) is 60.5. The molecule has 14 rings (SSSR count). The lowest BCUT2D eigenvalue weighted by atomic mass is 9.59. The van der Waals surface area contributed by atoms with Crippen molar-refractivity contribution in [2.45, 2.75) is 197 Å². The highest BCUT2D eigenvalue weighted by molar-refractivity contribution is 5.76. The average Bonchev–Trinajstić information content (AvgIpc) is 0.715. The number of alkyl carbamates (subject to hydrolysis) is 2. The number of carbonyl (C=O) groups excluding carboxylic acids is 5. The van der Waals surface area contributed by atoms with Gasteiger partial charge in [-0.25, -0.2) is 23.2 Å². The molecule has 2 amide bonds. The summed E-state index contributed by atoms with van der Waals surface area (Å²) in [7, 11) is 0. The van der Waals surface area contributed by atoms with Crippen molar-refractivity contribution in [3.63, 3.8) is 0 Å². The molecule has 3 fully saturated rings. The summed E-state index contributed by atoms with van der Waals surface area (Å²) in [5, 5.41) is 17.3. The third kappa shape index (κ3) is 18.7. The van der Waals surface area contributed by atoms with E-state index in [-0.39, 0.29) is 95.4 Å². The largest absolute Gasteiger partial charge is 0.519 e. The number of halogens is 2. The summed E-state index contributed by atoms with van der Waals surface area (Å²) in [6.45, 7) is 7.09. The first-order chi connectivity index (χ1) is 51.2. The number of nitro benzene ring substituents is 1. The normalized spacial score (nSPS) is 23.2. The highest BCUT2D eigenvalue weighted by atomic mass is 19.1. The molecule has 19 heteroatoms. The third-order valence-electron chi connectivity index (χ3n) is 22.8. The molecule has 0 aliphatic heterocycles. The molecule has 554 valence electrons. The number of hydrogen-bond donors (Lipinski definition) is 3. The maximum absolute atomic E-state index is 13.2. The maximum atomic E-state index is 13.2. The SMILES string of the molecule is C[C@@]12CCCCC[C@@H](Cc3ccc(OC(=O)Cc4ccc(F)cc4)cc31)[C@@H]2N.C[C@@]12CCCCC[C@@H](Cc3ccc(OC(=O)Cc4ccc(F)cc4)cc31)[C@@H]2NC(=O)OCc1ccccc1.C[C@@]12CCCCC[C@@H](Cc3ccc(OC(=O)Oc4ccc([N+](=O)[O-])cc4)cc31)[C@@H]2NC(=O)OCc1ccccc1. The van der Waals surface area contributed by atoms with Crippen LogP contribution >= 0.6 is 0 Å². The summed E-state index contributed by atoms with van der Waals surface area (Å²) < 4.78 is 59.5. The molecule has 4 N–H and O–H groups in total. The number of rotatable bonds is 15. The highest BCUT2D eigenvalue weighted by Gasteiger charge is 2.49. The van der Waals surface area contributed by atoms with Crippen molar-refractivity contribution in [2.24, 2.45) is 23.5 Å². The van der Waals surface area contributed by atoms with E-state index in [1.165, 1.54) is 103 Å². The van der Waals surface area contributed by atoms with E-state index in [0.29, 0.717) is 34.6 Å². The molecule has 0 unspecified atom stereocenters. The van der Waals surface area contributed by atoms with Crippen LogP contribution in [0.4, 0.5) is 28.9 Å². The smallest absolute Gasteiger partial charge is 0.445 e. The average molecular weight is 1440 g/mol. The van der Waals surface area contributed by atoms with Gasteiger partial charge in [-0.1, -0.05) is 182 Å². The van der Waals surface area contributed by atoms with E-state index in [0.717, 1.165) is 111 Å². The lowest BCUT2D eigenvalue weighted by Crippen LogP contribution is -2.57. The minimum atomic E-state index is -0.940. The van der Waals surface area contributed by atoms with Crippen molar-refractivity contribution >= 4 is 36.0 Å². The second-order valence-electron chi connectivity index (χ2n) is 30.1. The summed E-state index contributed by atoms with van der Waals surface area (Å²) in [5.74, 6) is 1.25. The van der Waals surface area contributed by atoms with Crippen molar-refractivity contribution in [3.8, 4) is 23.0 Å². The minimum Gasteiger partial charge on any atom is -0.445 e. The van der Waals surface area contributed by atoms with Gasteiger partial charge in [-0.3, -0.25) is 19.7 Å². The van der Waals surface area contributed by atoms with Crippen LogP contribution in [0.25, 0.3) is 0 Å². The summed E-state index contributed by atoms with van der Waals surface area (Å²) >= 11 is 0. The van der Waals surface area contributed by atoms with Crippen molar-refractivity contribution in [1.82, 2.24) is 10.6 Å². The van der Waals surface area contributed by atoms with Crippen LogP contribution in [0.3, 0.4) is 0 Å². The van der Waals surface area contributed by atoms with E-state index in [2.05, 4.69) is 43.5 Å². The highest BCUT2D eigenvalue weighted by Crippen LogP contribution is 2.51. The van der Waals surface area contributed by atoms with Gasteiger partial charge in [-0.05, 0) is 204 Å². The van der Waals surface area contributed by atoms with Crippen molar-refractivity contribution in [3.05, 3.63) is 265 Å². The second-order valence-corrected chi connectivity index (χ2v) is 30.1. The quantitative estimate of drug-likeness (QED) is 0.0285. The number of nitrogens with two attached hydrogens (primary N) is 1. The number of non-ortho nitro benzene ring substituents is 1. The molecule has 0 saturated heterocycles. The molecule has 0 aromatic heterocycles. The molecule has 0 radical (unpaired) electrons. The number of esters is 2. The Bertz CT molecular complexity index is 4390. The monoisotopic (exact) mass is 1440 g/mol. The Labute approximate surface area is 618 Å². The van der Waals surface area contributed by atoms with Crippen LogP contribution < -0.4 is 35.3 Å². The van der Waals surface area contributed by atoms with Crippen LogP contribution in [0.15, 0.2) is 188 Å². The first kappa shape index (κ1) is 75.4. The number of nitro groups is 1. The van der Waals surface area contributed by atoms with Gasteiger partial charge < -0.3 is 44.8 Å². The third-order valence-corrected chi connectivity index (χ3v) is 22.8. The number of nitrogens with zero attached hydrogens (tertiary/aromatic N) is 1. The predicted octanol–water partition coefficient (Wildman–Crippen LogP) is 18.2. The number of ether oxygens (including phenoxy) is 6. The molecule has 0 heterocycles. The first-order valence-electron chi connectivity index (χ1n) is 37.3. The number of hydrogen-bond acceptors (Lipinski definition) is 14. The molecular formula is C87H94F2N4O13. The summed E-state index contributed by atoms with van der Waals surface area (Å²) in [4.78, 5) is 73.7. The van der Waals surface area contributed by atoms with Crippen LogP contribution in [-0.4, -0.2) is 53.3 Å². The van der Waals surface area contributed by atoms with Gasteiger partial charge in [0, 0.05) is 46.5 Å². The van der Waals surface area contributed by atoms with Crippen LogP contribution in [-0.2, 0) is 80.6 Å². The van der Waals surface area contributed by atoms with Crippen LogP contribution in [0.5, 0.6) is 23.0 Å². The zero-order chi connectivity index (χ0) is 74.4. The lowest BCUT2D eigenvalue weighted by molar-refractivity contribution is -0.384. The molecule has 17 nitrogen and oxygen atoms in total. The van der Waals surface area contributed by atoms with Gasteiger partial charge in [0.1, 0.15) is 47.8 Å². The van der Waals surface area contributed by atoms with Gasteiger partial charge >= 0.3 is 30.3 Å². The Hall–Kier alpha value is -10.3. The molecule has 0 spiro atoms. The Morgan fingerprint density at radius 1 is 0.443 bits per heavy atom. The van der Waals surface area contributed by atoms with Crippen molar-refractivity contribution in [1.29, 1.82) is 0 Å². The Kier molecular flexibility index (Phi) is 24.4. The van der Waals surface area contributed by atoms with Gasteiger partial charge in [-0.15, -0.1) is 0 Å². The molecule has 6 bridgehead atoms. The number of nitrogens with one attached hydrogen (secondary N) is 2. The van der Waals surface area contributed by atoms with E-state index in [1.54, 1.807) is 30.3 Å². The fourth-order valence-electron chi connectivity index (χ4n) is 17.3. The van der Waals surface area contributed by atoms with E-state index in [9.17, 15) is 42.9 Å². The van der Waals surface area contributed by atoms with Crippen LogP contribution in [0.1, 0.15) is 173 Å². The van der Waals surface area contributed by atoms with E-state index in [1.807, 2.05) is 97.1 Å². The van der Waals surface area contributed by atoms with Crippen molar-refractivity contribution in [2.75, 3.05) is 0 Å². The van der Waals surface area contributed by atoms with Gasteiger partial charge in [0.05, 0.1) is 17.8 Å². The molecule has 3 saturated carbocycles. The van der Waals surface area contributed by atoms with E-state index < -0.39 is 29.2 Å². The second kappa shape index (κ2) is 34.3. The molecule has 9 atom stereocenters. The topological polar surface area (TPSA) is 234 Å². The summed E-state index contributed by atoms with van der Waals surface area (Å²) in [6, 6.07) is 53.7. The number of fused-ring (bicyclic) bond motifs is 12. The molecule has 8 aromatic carbocycles. The van der Waals surface area contributed by atoms with E-state index >= 15 is 0 Å². The molecule has 106 heavy (non-hydrogen) atoms. The van der Waals surface area contributed by atoms with E-state index in [4.69, 9.17) is 34.2 Å². The van der Waals surface area contributed by atoms with Gasteiger partial charge in [-0.2, -0.15) is 0 Å². The van der Waals surface area contributed by atoms with Crippen molar-refractivity contribution < 1.29 is 66.1 Å². The molecular weight excluding hydrogens is 1350 g/mol. The van der Waals surface area contributed by atoms with Gasteiger partial charge in [0.2, 0.25) is 0 Å². The summed E-state index contributed by atoms with van der Waals surface area (Å²) in [5.41, 5.74) is 16.3. The fourth-order valence-corrected chi connectivity index (χ4v) is 17.3. The Morgan fingerprint density at radius 3 is 1.24 bits per heavy atom. The number of amides is 2.